The summed E-state index contributed by atoms with van der Waals surface area (Å²) in [6.07, 6.45) is 3.35. The lowest BCUT2D eigenvalue weighted by Crippen LogP contribution is -2.45. The third-order valence-electron chi connectivity index (χ3n) is 2.90. The van der Waals surface area contributed by atoms with Crippen LogP contribution in [-0.4, -0.2) is 49.7 Å². The summed E-state index contributed by atoms with van der Waals surface area (Å²) in [6.45, 7) is 11.4. The summed E-state index contributed by atoms with van der Waals surface area (Å²) < 4.78 is 10.9. The number of aliphatic hydroxyl groups is 1. The van der Waals surface area contributed by atoms with Crippen molar-refractivity contribution in [3.05, 3.63) is 0 Å². The van der Waals surface area contributed by atoms with Gasteiger partial charge in [0.15, 0.2) is 0 Å². The van der Waals surface area contributed by atoms with Crippen molar-refractivity contribution in [2.45, 2.75) is 58.6 Å². The minimum absolute atomic E-state index is 0.143. The summed E-state index contributed by atoms with van der Waals surface area (Å²) in [5, 5.41) is 12.7. The van der Waals surface area contributed by atoms with Crippen LogP contribution in [0.15, 0.2) is 0 Å². The number of nitrogens with one attached hydrogen (secondary N) is 1. The zero-order chi connectivity index (χ0) is 13.9. The summed E-state index contributed by atoms with van der Waals surface area (Å²) >= 11 is 0. The molecule has 0 rings (SSSR count). The summed E-state index contributed by atoms with van der Waals surface area (Å²) in [7, 11) is 0. The molecular formula is C14H31NO3. The van der Waals surface area contributed by atoms with Crippen molar-refractivity contribution in [3.63, 3.8) is 0 Å². The number of unbranched alkanes of at least 4 members (excludes halogenated alkanes) is 1. The number of hydrogen-bond donors (Lipinski definition) is 2. The van der Waals surface area contributed by atoms with E-state index in [4.69, 9.17) is 9.47 Å². The highest BCUT2D eigenvalue weighted by molar-refractivity contribution is 4.81. The van der Waals surface area contributed by atoms with E-state index >= 15 is 0 Å². The molecule has 0 aliphatic heterocycles. The molecule has 0 aromatic heterocycles. The molecule has 0 radical (unpaired) electrons. The van der Waals surface area contributed by atoms with Crippen LogP contribution in [0.25, 0.3) is 0 Å². The fourth-order valence-corrected chi connectivity index (χ4v) is 1.81. The third-order valence-corrected chi connectivity index (χ3v) is 2.90. The van der Waals surface area contributed by atoms with Gasteiger partial charge in [-0.15, -0.1) is 0 Å². The van der Waals surface area contributed by atoms with E-state index in [9.17, 15) is 5.11 Å². The van der Waals surface area contributed by atoms with E-state index < -0.39 is 0 Å². The molecule has 0 saturated heterocycles. The Morgan fingerprint density at radius 1 is 1.17 bits per heavy atom. The van der Waals surface area contributed by atoms with Crippen molar-refractivity contribution in [3.8, 4) is 0 Å². The van der Waals surface area contributed by atoms with E-state index in [-0.39, 0.29) is 18.2 Å². The zero-order valence-electron chi connectivity index (χ0n) is 12.5. The third kappa shape index (κ3) is 9.83. The van der Waals surface area contributed by atoms with Gasteiger partial charge >= 0.3 is 0 Å². The van der Waals surface area contributed by atoms with Crippen LogP contribution in [0.5, 0.6) is 0 Å². The molecule has 4 heteroatoms. The van der Waals surface area contributed by atoms with Gasteiger partial charge in [-0.05, 0) is 46.6 Å². The average Bonchev–Trinajstić information content (AvgIpc) is 2.32. The molecule has 0 amide bonds. The fraction of sp³-hybridized carbons (Fsp3) is 1.00. The van der Waals surface area contributed by atoms with Crippen LogP contribution in [-0.2, 0) is 9.47 Å². The smallest absolute Gasteiger partial charge is 0.0703 e. The van der Waals surface area contributed by atoms with Crippen LogP contribution in [0.3, 0.4) is 0 Å². The van der Waals surface area contributed by atoms with Crippen molar-refractivity contribution in [2.24, 2.45) is 0 Å². The Labute approximate surface area is 112 Å². The van der Waals surface area contributed by atoms with Gasteiger partial charge in [0.2, 0.25) is 0 Å². The van der Waals surface area contributed by atoms with Crippen LogP contribution in [0.4, 0.5) is 0 Å². The second-order valence-corrected chi connectivity index (χ2v) is 5.24. The lowest BCUT2D eigenvalue weighted by atomic mass is 9.96. The largest absolute Gasteiger partial charge is 0.394 e. The molecule has 0 aromatic rings. The maximum Gasteiger partial charge on any atom is 0.0703 e. The van der Waals surface area contributed by atoms with Crippen LogP contribution < -0.4 is 5.32 Å². The molecule has 0 spiro atoms. The number of ether oxygens (including phenoxy) is 2. The summed E-state index contributed by atoms with van der Waals surface area (Å²) in [5.74, 6) is 0. The van der Waals surface area contributed by atoms with E-state index in [0.29, 0.717) is 13.2 Å². The van der Waals surface area contributed by atoms with Gasteiger partial charge in [0, 0.05) is 12.1 Å². The van der Waals surface area contributed by atoms with Crippen molar-refractivity contribution >= 4 is 0 Å². The van der Waals surface area contributed by atoms with Gasteiger partial charge in [-0.1, -0.05) is 6.92 Å². The standard InChI is InChI=1S/C14H31NO3/c1-5-15-14(4,12-16)8-6-7-9-17-10-11-18-13(2)3/h13,15-16H,5-12H2,1-4H3. The van der Waals surface area contributed by atoms with E-state index in [1.165, 1.54) is 0 Å². The van der Waals surface area contributed by atoms with Crippen molar-refractivity contribution in [1.82, 2.24) is 5.32 Å². The molecule has 0 heterocycles. The molecule has 0 aliphatic rings. The molecule has 1 atom stereocenters. The van der Waals surface area contributed by atoms with Gasteiger partial charge in [0.1, 0.15) is 0 Å². The topological polar surface area (TPSA) is 50.7 Å². The molecule has 4 nitrogen and oxygen atoms in total. The monoisotopic (exact) mass is 261 g/mol. The van der Waals surface area contributed by atoms with Gasteiger partial charge in [-0.25, -0.2) is 0 Å². The van der Waals surface area contributed by atoms with Crippen LogP contribution in [0, 0.1) is 0 Å². The highest BCUT2D eigenvalue weighted by Gasteiger charge is 2.20. The molecular weight excluding hydrogens is 230 g/mol. The molecule has 18 heavy (non-hydrogen) atoms. The van der Waals surface area contributed by atoms with Gasteiger partial charge < -0.3 is 19.9 Å². The first-order chi connectivity index (χ1) is 8.54. The first-order valence-electron chi connectivity index (χ1n) is 7.09. The Hall–Kier alpha value is -0.160. The van der Waals surface area contributed by atoms with Crippen molar-refractivity contribution in [1.29, 1.82) is 0 Å². The molecule has 0 saturated carbocycles. The highest BCUT2D eigenvalue weighted by Crippen LogP contribution is 2.12. The Kier molecular flexibility index (Phi) is 10.6. The molecule has 1 unspecified atom stereocenters. The number of rotatable bonds is 12. The van der Waals surface area contributed by atoms with Crippen molar-refractivity contribution < 1.29 is 14.6 Å². The van der Waals surface area contributed by atoms with Gasteiger partial charge in [0.25, 0.3) is 0 Å². The van der Waals surface area contributed by atoms with Crippen molar-refractivity contribution in [2.75, 3.05) is 33.0 Å². The predicted molar refractivity (Wildman–Crippen MR) is 74.9 cm³/mol. The minimum Gasteiger partial charge on any atom is -0.394 e. The second-order valence-electron chi connectivity index (χ2n) is 5.24. The van der Waals surface area contributed by atoms with Gasteiger partial charge in [-0.3, -0.25) is 0 Å². The summed E-state index contributed by atoms with van der Waals surface area (Å²) in [5.41, 5.74) is -0.143. The maximum atomic E-state index is 9.33. The highest BCUT2D eigenvalue weighted by atomic mass is 16.5. The van der Waals surface area contributed by atoms with Gasteiger partial charge in [-0.2, -0.15) is 0 Å². The van der Waals surface area contributed by atoms with E-state index in [1.54, 1.807) is 0 Å². The molecule has 0 aliphatic carbocycles. The molecule has 2 N–H and O–H groups in total. The Morgan fingerprint density at radius 2 is 1.89 bits per heavy atom. The quantitative estimate of drug-likeness (QED) is 0.527. The lowest BCUT2D eigenvalue weighted by Gasteiger charge is -2.28. The Bertz CT molecular complexity index is 188. The van der Waals surface area contributed by atoms with Gasteiger partial charge in [0.05, 0.1) is 25.9 Å². The molecule has 0 bridgehead atoms. The number of hydrogen-bond acceptors (Lipinski definition) is 4. The average molecular weight is 261 g/mol. The first kappa shape index (κ1) is 17.8. The Morgan fingerprint density at radius 3 is 2.44 bits per heavy atom. The molecule has 110 valence electrons. The van der Waals surface area contributed by atoms with Crippen LogP contribution in [0.1, 0.15) is 47.0 Å². The minimum atomic E-state index is -0.143. The molecule has 0 aromatic carbocycles. The SMILES string of the molecule is CCNC(C)(CO)CCCCOCCOC(C)C. The van der Waals surface area contributed by atoms with E-state index in [2.05, 4.69) is 19.2 Å². The Balaban J connectivity index is 3.38. The predicted octanol–water partition coefficient (Wildman–Crippen LogP) is 1.96. The first-order valence-corrected chi connectivity index (χ1v) is 7.09. The zero-order valence-corrected chi connectivity index (χ0v) is 12.5. The maximum absolute atomic E-state index is 9.33. The number of likely N-dealkylation sites (N-methyl/N-ethyl adjacent to an activating group) is 1. The molecule has 0 fully saturated rings. The number of aliphatic hydroxyl groups excluding tert-OH is 1. The summed E-state index contributed by atoms with van der Waals surface area (Å²) in [6, 6.07) is 0. The van der Waals surface area contributed by atoms with Crippen LogP contribution in [0.2, 0.25) is 0 Å². The lowest BCUT2D eigenvalue weighted by molar-refractivity contribution is 0.0182. The normalized spacial score (nSPS) is 15.0. The fourth-order valence-electron chi connectivity index (χ4n) is 1.81. The van der Waals surface area contributed by atoms with Crippen LogP contribution >= 0.6 is 0 Å². The van der Waals surface area contributed by atoms with E-state index in [0.717, 1.165) is 32.4 Å². The van der Waals surface area contributed by atoms with E-state index in [1.807, 2.05) is 13.8 Å². The second kappa shape index (κ2) is 10.7. The summed E-state index contributed by atoms with van der Waals surface area (Å²) in [4.78, 5) is 0.